The number of rotatable bonds is 21. The van der Waals surface area contributed by atoms with Crippen LogP contribution in [0.25, 0.3) is 0 Å². The van der Waals surface area contributed by atoms with Crippen molar-refractivity contribution in [3.05, 3.63) is 29.8 Å². The topological polar surface area (TPSA) is 185 Å². The summed E-state index contributed by atoms with van der Waals surface area (Å²) in [6, 6.07) is 6.72. The number of carboxylic acid groups (broad SMARTS) is 2. The van der Waals surface area contributed by atoms with E-state index in [1.54, 1.807) is 79.3 Å². The molecule has 0 bridgehead atoms. The van der Waals surface area contributed by atoms with Gasteiger partial charge in [-0.25, -0.2) is 0 Å². The SMILES string of the molecule is CC(C)(C)OC(=O)CN(CCN(CC(=O)OC(C)(C)C)C(Cc1ccc(OCC2CO2)cc1)CN(CC(=O)O)CC(=O)OC(C)(C)C)CC(=O)O. The number of ether oxygens (including phenoxy) is 5. The van der Waals surface area contributed by atoms with Gasteiger partial charge in [0.1, 0.15) is 35.3 Å². The average molecular weight is 724 g/mol. The normalized spacial score (nSPS) is 15.4. The summed E-state index contributed by atoms with van der Waals surface area (Å²) in [5.74, 6) is -3.48. The van der Waals surface area contributed by atoms with Crippen molar-refractivity contribution in [3.63, 3.8) is 0 Å². The van der Waals surface area contributed by atoms with Gasteiger partial charge in [-0.2, -0.15) is 0 Å². The summed E-state index contributed by atoms with van der Waals surface area (Å²) >= 11 is 0. The summed E-state index contributed by atoms with van der Waals surface area (Å²) in [6.45, 7) is 14.8. The Balaban J connectivity index is 2.48. The van der Waals surface area contributed by atoms with Crippen LogP contribution in [0, 0.1) is 0 Å². The van der Waals surface area contributed by atoms with Crippen LogP contribution in [0.2, 0.25) is 0 Å². The molecule has 0 amide bonds. The van der Waals surface area contributed by atoms with Crippen LogP contribution in [-0.2, 0) is 49.3 Å². The number of aliphatic carboxylic acids is 2. The van der Waals surface area contributed by atoms with Crippen molar-refractivity contribution in [2.45, 2.75) is 97.7 Å². The Morgan fingerprint density at radius 1 is 0.706 bits per heavy atom. The first-order valence-electron chi connectivity index (χ1n) is 17.1. The molecule has 1 aromatic rings. The van der Waals surface area contributed by atoms with Gasteiger partial charge in [0.25, 0.3) is 0 Å². The Morgan fingerprint density at radius 3 is 1.61 bits per heavy atom. The minimum Gasteiger partial charge on any atom is -0.491 e. The van der Waals surface area contributed by atoms with E-state index in [4.69, 9.17) is 23.7 Å². The van der Waals surface area contributed by atoms with Gasteiger partial charge >= 0.3 is 29.8 Å². The molecule has 2 unspecified atom stereocenters. The van der Waals surface area contributed by atoms with Crippen molar-refractivity contribution in [2.24, 2.45) is 0 Å². The molecule has 2 N–H and O–H groups in total. The Bertz CT molecular complexity index is 1310. The lowest BCUT2D eigenvalue weighted by Gasteiger charge is -2.36. The zero-order valence-electron chi connectivity index (χ0n) is 31.6. The van der Waals surface area contributed by atoms with E-state index < -0.39 is 65.8 Å². The summed E-state index contributed by atoms with van der Waals surface area (Å²) in [4.78, 5) is 67.3. The summed E-state index contributed by atoms with van der Waals surface area (Å²) in [5.41, 5.74) is -1.57. The lowest BCUT2D eigenvalue weighted by atomic mass is 10.0. The fourth-order valence-corrected chi connectivity index (χ4v) is 5.05. The van der Waals surface area contributed by atoms with Gasteiger partial charge in [-0.05, 0) is 86.4 Å². The quantitative estimate of drug-likeness (QED) is 0.107. The fourth-order valence-electron chi connectivity index (χ4n) is 5.05. The number of nitrogens with zero attached hydrogens (tertiary/aromatic N) is 3. The molecule has 1 aliphatic heterocycles. The van der Waals surface area contributed by atoms with Crippen LogP contribution in [0.5, 0.6) is 5.75 Å². The van der Waals surface area contributed by atoms with Crippen LogP contribution in [0.1, 0.15) is 67.9 Å². The molecule has 288 valence electrons. The Kier molecular flexibility index (Phi) is 16.3. The van der Waals surface area contributed by atoms with E-state index in [1.807, 2.05) is 12.1 Å². The molecular weight excluding hydrogens is 666 g/mol. The number of carboxylic acids is 2. The molecule has 0 radical (unpaired) electrons. The third kappa shape index (κ3) is 20.6. The number of hydrogen-bond donors (Lipinski definition) is 2. The van der Waals surface area contributed by atoms with Crippen molar-refractivity contribution in [1.82, 2.24) is 14.7 Å². The Labute approximate surface area is 301 Å². The molecule has 1 aliphatic rings. The molecule has 0 aromatic heterocycles. The number of esters is 3. The molecule has 1 aromatic carbocycles. The maximum atomic E-state index is 13.3. The van der Waals surface area contributed by atoms with E-state index in [0.29, 0.717) is 25.4 Å². The van der Waals surface area contributed by atoms with Crippen LogP contribution in [-0.4, -0.2) is 149 Å². The van der Waals surface area contributed by atoms with E-state index in [2.05, 4.69) is 0 Å². The Hall–Kier alpha value is -3.79. The lowest BCUT2D eigenvalue weighted by Crippen LogP contribution is -2.52. The van der Waals surface area contributed by atoms with Gasteiger partial charge in [0.2, 0.25) is 0 Å². The summed E-state index contributed by atoms with van der Waals surface area (Å²) in [7, 11) is 0. The molecule has 1 heterocycles. The van der Waals surface area contributed by atoms with Crippen molar-refractivity contribution < 1.29 is 57.9 Å². The standard InChI is InChI=1S/C36H57N3O12/c1-34(2,3)49-31(44)20-37(18-29(40)41)14-15-39(22-33(46)51-36(7,8)9)26(16-25-10-12-27(13-11-25)47-23-28-24-48-28)17-38(19-30(42)43)21-32(45)50-35(4,5)6/h10-13,26,28H,14-24H2,1-9H3,(H,40,41)(H,42,43). The molecule has 2 atom stereocenters. The lowest BCUT2D eigenvalue weighted by molar-refractivity contribution is -0.159. The highest BCUT2D eigenvalue weighted by molar-refractivity contribution is 5.75. The van der Waals surface area contributed by atoms with Crippen LogP contribution >= 0.6 is 0 Å². The second-order valence-electron chi connectivity index (χ2n) is 15.7. The molecule has 1 saturated heterocycles. The van der Waals surface area contributed by atoms with Gasteiger partial charge in [0, 0.05) is 25.7 Å². The van der Waals surface area contributed by atoms with Crippen LogP contribution < -0.4 is 4.74 Å². The van der Waals surface area contributed by atoms with Crippen molar-refractivity contribution in [3.8, 4) is 5.75 Å². The van der Waals surface area contributed by atoms with Gasteiger partial charge < -0.3 is 33.9 Å². The Morgan fingerprint density at radius 2 is 1.16 bits per heavy atom. The predicted molar refractivity (Wildman–Crippen MR) is 186 cm³/mol. The molecule has 0 saturated carbocycles. The highest BCUT2D eigenvalue weighted by atomic mass is 16.6. The van der Waals surface area contributed by atoms with Crippen LogP contribution in [0.4, 0.5) is 0 Å². The van der Waals surface area contributed by atoms with E-state index in [9.17, 15) is 34.2 Å². The first-order chi connectivity index (χ1) is 23.5. The summed E-state index contributed by atoms with van der Waals surface area (Å²) < 4.78 is 27.5. The molecule has 2 rings (SSSR count). The van der Waals surface area contributed by atoms with E-state index >= 15 is 0 Å². The molecule has 0 aliphatic carbocycles. The molecule has 1 fully saturated rings. The minimum atomic E-state index is -1.16. The first kappa shape index (κ1) is 43.4. The highest BCUT2D eigenvalue weighted by Gasteiger charge is 2.30. The predicted octanol–water partition coefficient (Wildman–Crippen LogP) is 2.48. The molecule has 15 nitrogen and oxygen atoms in total. The molecule has 51 heavy (non-hydrogen) atoms. The van der Waals surface area contributed by atoms with Crippen molar-refractivity contribution >= 4 is 29.8 Å². The number of benzene rings is 1. The van der Waals surface area contributed by atoms with Gasteiger partial charge in [0.05, 0.1) is 39.3 Å². The zero-order chi connectivity index (χ0) is 38.6. The largest absolute Gasteiger partial charge is 0.491 e. The van der Waals surface area contributed by atoms with Gasteiger partial charge in [-0.3, -0.25) is 38.7 Å². The van der Waals surface area contributed by atoms with E-state index in [1.165, 1.54) is 9.80 Å². The second kappa shape index (κ2) is 19.2. The summed E-state index contributed by atoms with van der Waals surface area (Å²) in [6.07, 6.45) is 0.376. The van der Waals surface area contributed by atoms with Gasteiger partial charge in [-0.1, -0.05) is 12.1 Å². The maximum Gasteiger partial charge on any atom is 0.320 e. The van der Waals surface area contributed by atoms with Gasteiger partial charge in [-0.15, -0.1) is 0 Å². The van der Waals surface area contributed by atoms with Crippen LogP contribution in [0.15, 0.2) is 24.3 Å². The van der Waals surface area contributed by atoms with E-state index in [0.717, 1.165) is 5.56 Å². The number of carbonyl (C=O) groups excluding carboxylic acids is 3. The van der Waals surface area contributed by atoms with Crippen molar-refractivity contribution in [1.29, 1.82) is 0 Å². The smallest absolute Gasteiger partial charge is 0.320 e. The molecular formula is C36H57N3O12. The average Bonchev–Trinajstić information content (AvgIpc) is 3.75. The first-order valence-corrected chi connectivity index (χ1v) is 17.1. The van der Waals surface area contributed by atoms with Crippen LogP contribution in [0.3, 0.4) is 0 Å². The highest BCUT2D eigenvalue weighted by Crippen LogP contribution is 2.20. The van der Waals surface area contributed by atoms with E-state index in [-0.39, 0.29) is 45.4 Å². The van der Waals surface area contributed by atoms with Crippen molar-refractivity contribution in [2.75, 3.05) is 65.6 Å². The second-order valence-corrected chi connectivity index (χ2v) is 15.7. The number of epoxide rings is 1. The van der Waals surface area contributed by atoms with Gasteiger partial charge in [0.15, 0.2) is 0 Å². The monoisotopic (exact) mass is 723 g/mol. The third-order valence-electron chi connectivity index (χ3n) is 6.94. The minimum absolute atomic E-state index is 0.0105. The number of carbonyl (C=O) groups is 5. The maximum absolute atomic E-state index is 13.3. The summed E-state index contributed by atoms with van der Waals surface area (Å²) in [5, 5.41) is 19.4. The molecule has 0 spiro atoms. The fraction of sp³-hybridized carbons (Fsp3) is 0.694. The number of hydrogen-bond acceptors (Lipinski definition) is 13. The molecule has 15 heteroatoms. The zero-order valence-corrected chi connectivity index (χ0v) is 31.6. The third-order valence-corrected chi connectivity index (χ3v) is 6.94.